The van der Waals surface area contributed by atoms with Gasteiger partial charge >= 0.3 is 0 Å². The van der Waals surface area contributed by atoms with Crippen LogP contribution in [0.15, 0.2) is 91.1 Å². The quantitative estimate of drug-likeness (QED) is 0.468. The van der Waals surface area contributed by atoms with Crippen LogP contribution in [0.1, 0.15) is 0 Å². The lowest BCUT2D eigenvalue weighted by Gasteiger charge is -2.06. The summed E-state index contributed by atoms with van der Waals surface area (Å²) in [5, 5.41) is 1.17. The summed E-state index contributed by atoms with van der Waals surface area (Å²) >= 11 is 0. The van der Waals surface area contributed by atoms with Crippen LogP contribution in [-0.4, -0.2) is 4.98 Å². The fourth-order valence-electron chi connectivity index (χ4n) is 2.74. The van der Waals surface area contributed by atoms with Crippen LogP contribution in [-0.2, 0) is 0 Å². The largest absolute Gasteiger partial charge is 0.256 e. The molecule has 1 aromatic heterocycles. The van der Waals surface area contributed by atoms with Crippen LogP contribution < -0.4 is 0 Å². The molecule has 4 rings (SSSR count). The Kier molecular flexibility index (Phi) is 3.17. The van der Waals surface area contributed by atoms with Gasteiger partial charge in [0.25, 0.3) is 0 Å². The monoisotopic (exact) mass is 281 g/mol. The van der Waals surface area contributed by atoms with E-state index >= 15 is 0 Å². The Morgan fingerprint density at radius 2 is 1.14 bits per heavy atom. The Labute approximate surface area is 129 Å². The summed E-state index contributed by atoms with van der Waals surface area (Å²) in [6, 6.07) is 29.7. The van der Waals surface area contributed by atoms with E-state index in [1.165, 1.54) is 27.6 Å². The van der Waals surface area contributed by atoms with Crippen LogP contribution in [0.3, 0.4) is 0 Å². The molecule has 1 nitrogen and oxygen atoms in total. The van der Waals surface area contributed by atoms with Gasteiger partial charge in [0.1, 0.15) is 0 Å². The maximum atomic E-state index is 4.37. The summed E-state index contributed by atoms with van der Waals surface area (Å²) in [6.45, 7) is 0. The first kappa shape index (κ1) is 12.8. The van der Waals surface area contributed by atoms with Crippen molar-refractivity contribution in [3.05, 3.63) is 91.1 Å². The van der Waals surface area contributed by atoms with E-state index in [0.29, 0.717) is 0 Å². The van der Waals surface area contributed by atoms with Crippen molar-refractivity contribution in [1.82, 2.24) is 4.98 Å². The fourth-order valence-corrected chi connectivity index (χ4v) is 2.74. The maximum absolute atomic E-state index is 4.37. The molecular weight excluding hydrogens is 266 g/mol. The van der Waals surface area contributed by atoms with E-state index in [0.717, 1.165) is 5.52 Å². The third kappa shape index (κ3) is 2.38. The highest BCUT2D eigenvalue weighted by molar-refractivity contribution is 5.84. The van der Waals surface area contributed by atoms with Crippen molar-refractivity contribution in [3.63, 3.8) is 0 Å². The minimum absolute atomic E-state index is 1.03. The van der Waals surface area contributed by atoms with Crippen molar-refractivity contribution in [2.24, 2.45) is 0 Å². The van der Waals surface area contributed by atoms with Crippen molar-refractivity contribution >= 4 is 10.9 Å². The Morgan fingerprint density at radius 1 is 0.500 bits per heavy atom. The zero-order chi connectivity index (χ0) is 14.8. The van der Waals surface area contributed by atoms with Gasteiger partial charge in [0.15, 0.2) is 0 Å². The second-order valence-corrected chi connectivity index (χ2v) is 5.35. The lowest BCUT2D eigenvalue weighted by molar-refractivity contribution is 1.41. The number of hydrogen-bond donors (Lipinski definition) is 0. The predicted molar refractivity (Wildman–Crippen MR) is 92.6 cm³/mol. The third-order valence-electron chi connectivity index (χ3n) is 3.93. The molecule has 1 heteroatoms. The number of hydrogen-bond acceptors (Lipinski definition) is 1. The van der Waals surface area contributed by atoms with Gasteiger partial charge in [-0.15, -0.1) is 0 Å². The van der Waals surface area contributed by atoms with Crippen LogP contribution in [0.2, 0.25) is 0 Å². The fraction of sp³-hybridized carbons (Fsp3) is 0. The molecule has 0 bridgehead atoms. The molecule has 3 aromatic carbocycles. The van der Waals surface area contributed by atoms with Gasteiger partial charge in [-0.3, -0.25) is 4.98 Å². The first-order valence-corrected chi connectivity index (χ1v) is 7.41. The molecule has 22 heavy (non-hydrogen) atoms. The number of rotatable bonds is 2. The average Bonchev–Trinajstić information content (AvgIpc) is 2.62. The van der Waals surface area contributed by atoms with Crippen LogP contribution in [0.25, 0.3) is 33.2 Å². The lowest BCUT2D eigenvalue weighted by atomic mass is 9.99. The summed E-state index contributed by atoms with van der Waals surface area (Å²) in [6.07, 6.45) is 1.83. The normalized spacial score (nSPS) is 10.7. The van der Waals surface area contributed by atoms with Gasteiger partial charge in [-0.25, -0.2) is 0 Å². The molecular formula is C21H15N. The highest BCUT2D eigenvalue weighted by Crippen LogP contribution is 2.26. The van der Waals surface area contributed by atoms with E-state index in [1.54, 1.807) is 0 Å². The zero-order valence-electron chi connectivity index (χ0n) is 12.1. The first-order valence-electron chi connectivity index (χ1n) is 7.41. The summed E-state index contributed by atoms with van der Waals surface area (Å²) < 4.78 is 0. The molecule has 0 fully saturated rings. The van der Waals surface area contributed by atoms with E-state index in [1.807, 2.05) is 18.3 Å². The number of nitrogens with zero attached hydrogens (tertiary/aromatic N) is 1. The first-order chi connectivity index (χ1) is 10.9. The molecule has 0 aliphatic heterocycles. The molecule has 0 unspecified atom stereocenters. The number of aromatic nitrogens is 1. The summed E-state index contributed by atoms with van der Waals surface area (Å²) in [4.78, 5) is 4.37. The van der Waals surface area contributed by atoms with Crippen molar-refractivity contribution in [2.75, 3.05) is 0 Å². The third-order valence-corrected chi connectivity index (χ3v) is 3.93. The van der Waals surface area contributed by atoms with Crippen LogP contribution in [0.4, 0.5) is 0 Å². The van der Waals surface area contributed by atoms with Crippen molar-refractivity contribution in [3.8, 4) is 22.3 Å². The van der Waals surface area contributed by atoms with Gasteiger partial charge in [0.2, 0.25) is 0 Å². The van der Waals surface area contributed by atoms with Crippen LogP contribution in [0, 0.1) is 0 Å². The highest BCUT2D eigenvalue weighted by atomic mass is 14.6. The summed E-state index contributed by atoms with van der Waals surface area (Å²) in [7, 11) is 0. The molecule has 0 N–H and O–H groups in total. The molecule has 0 atom stereocenters. The topological polar surface area (TPSA) is 12.9 Å². The Hall–Kier alpha value is -2.93. The van der Waals surface area contributed by atoms with E-state index in [4.69, 9.17) is 0 Å². The number of fused-ring (bicyclic) bond motifs is 1. The lowest BCUT2D eigenvalue weighted by Crippen LogP contribution is -1.82. The molecule has 0 saturated heterocycles. The van der Waals surface area contributed by atoms with Gasteiger partial charge in [-0.1, -0.05) is 66.7 Å². The van der Waals surface area contributed by atoms with Gasteiger partial charge in [0.05, 0.1) is 5.52 Å². The van der Waals surface area contributed by atoms with E-state index in [2.05, 4.69) is 77.8 Å². The molecule has 0 aliphatic rings. The molecule has 4 aromatic rings. The minimum Gasteiger partial charge on any atom is -0.256 e. The van der Waals surface area contributed by atoms with Gasteiger partial charge in [-0.05, 0) is 40.5 Å². The van der Waals surface area contributed by atoms with Crippen LogP contribution in [0.5, 0.6) is 0 Å². The highest BCUT2D eigenvalue weighted by Gasteiger charge is 2.01. The minimum atomic E-state index is 1.03. The Morgan fingerprint density at radius 3 is 1.91 bits per heavy atom. The number of pyridine rings is 1. The Balaban J connectivity index is 1.73. The number of benzene rings is 3. The molecule has 0 radical (unpaired) electrons. The SMILES string of the molecule is c1ccc(-c2ccc(-c3ccc4ncccc4c3)cc2)cc1. The van der Waals surface area contributed by atoms with Crippen molar-refractivity contribution in [1.29, 1.82) is 0 Å². The molecule has 0 saturated carbocycles. The Bertz CT molecular complexity index is 909. The molecule has 0 aliphatic carbocycles. The molecule has 1 heterocycles. The predicted octanol–water partition coefficient (Wildman–Crippen LogP) is 5.57. The van der Waals surface area contributed by atoms with E-state index in [-0.39, 0.29) is 0 Å². The smallest absolute Gasteiger partial charge is 0.0702 e. The molecule has 0 spiro atoms. The summed E-state index contributed by atoms with van der Waals surface area (Å²) in [5.41, 5.74) is 5.97. The van der Waals surface area contributed by atoms with Gasteiger partial charge < -0.3 is 0 Å². The van der Waals surface area contributed by atoms with Gasteiger partial charge in [0, 0.05) is 11.6 Å². The zero-order valence-corrected chi connectivity index (χ0v) is 12.1. The second kappa shape index (κ2) is 5.45. The van der Waals surface area contributed by atoms with E-state index in [9.17, 15) is 0 Å². The molecule has 0 amide bonds. The van der Waals surface area contributed by atoms with E-state index < -0.39 is 0 Å². The summed E-state index contributed by atoms with van der Waals surface area (Å²) in [5.74, 6) is 0. The second-order valence-electron chi connectivity index (χ2n) is 5.35. The van der Waals surface area contributed by atoms with Crippen LogP contribution >= 0.6 is 0 Å². The van der Waals surface area contributed by atoms with Gasteiger partial charge in [-0.2, -0.15) is 0 Å². The average molecular weight is 281 g/mol. The standard InChI is InChI=1S/C21H15N/c1-2-5-16(6-3-1)17-8-10-18(11-9-17)19-12-13-21-20(15-19)7-4-14-22-21/h1-15H. The van der Waals surface area contributed by atoms with Crippen molar-refractivity contribution < 1.29 is 0 Å². The maximum Gasteiger partial charge on any atom is 0.0702 e. The van der Waals surface area contributed by atoms with Crippen molar-refractivity contribution in [2.45, 2.75) is 0 Å². The molecule has 104 valence electrons.